The minimum Gasteiger partial charge on any atom is -0.294 e. The van der Waals surface area contributed by atoms with E-state index in [2.05, 4.69) is 0 Å². The first-order valence-electron chi connectivity index (χ1n) is 11.5. The second kappa shape index (κ2) is 9.74. The zero-order chi connectivity index (χ0) is 26.3. The van der Waals surface area contributed by atoms with Gasteiger partial charge in [-0.05, 0) is 30.2 Å². The molecule has 4 rings (SSSR count). The van der Waals surface area contributed by atoms with Gasteiger partial charge >= 0.3 is 12.4 Å². The van der Waals surface area contributed by atoms with Gasteiger partial charge in [0, 0.05) is 56.4 Å². The van der Waals surface area contributed by atoms with Crippen molar-refractivity contribution in [1.29, 1.82) is 0 Å². The Bertz CT molecular complexity index is 1040. The minimum atomic E-state index is -5.06. The lowest BCUT2D eigenvalue weighted by Gasteiger charge is -2.45. The largest absolute Gasteiger partial charge is 0.416 e. The smallest absolute Gasteiger partial charge is 0.294 e. The number of halogens is 8. The van der Waals surface area contributed by atoms with Crippen molar-refractivity contribution in [2.75, 3.05) is 26.2 Å². The van der Waals surface area contributed by atoms with E-state index < -0.39 is 52.6 Å². The maximum Gasteiger partial charge on any atom is 0.416 e. The Labute approximate surface area is 202 Å². The van der Waals surface area contributed by atoms with Crippen LogP contribution < -0.4 is 0 Å². The van der Waals surface area contributed by atoms with Crippen LogP contribution in [0.4, 0.5) is 35.1 Å². The van der Waals surface area contributed by atoms with Crippen molar-refractivity contribution in [3.63, 3.8) is 0 Å². The molecule has 2 aliphatic rings. The molecule has 0 saturated carbocycles. The van der Waals surface area contributed by atoms with Crippen molar-refractivity contribution in [1.82, 2.24) is 10.0 Å². The monoisotopic (exact) mass is 520 g/mol. The van der Waals surface area contributed by atoms with E-state index in [9.17, 15) is 39.9 Å². The zero-order valence-corrected chi connectivity index (χ0v) is 19.0. The fourth-order valence-corrected chi connectivity index (χ4v) is 4.96. The highest BCUT2D eigenvalue weighted by atomic mass is 19.4. The second-order valence-electron chi connectivity index (χ2n) is 9.29. The Kier molecular flexibility index (Phi) is 7.18. The van der Waals surface area contributed by atoms with Crippen LogP contribution >= 0.6 is 0 Å². The Balaban J connectivity index is 1.65. The molecule has 0 bridgehead atoms. The number of hydrogen-bond acceptors (Lipinski definition) is 3. The molecule has 2 aromatic rings. The van der Waals surface area contributed by atoms with Gasteiger partial charge in [0.05, 0.1) is 11.1 Å². The van der Waals surface area contributed by atoms with Crippen LogP contribution in [0.5, 0.6) is 0 Å². The average molecular weight is 520 g/mol. The molecule has 3 nitrogen and oxygen atoms in total. The molecule has 0 aliphatic carbocycles. The van der Waals surface area contributed by atoms with Gasteiger partial charge in [-0.1, -0.05) is 30.3 Å². The van der Waals surface area contributed by atoms with Gasteiger partial charge in [0.15, 0.2) is 5.78 Å². The third-order valence-corrected chi connectivity index (χ3v) is 6.90. The molecule has 2 aliphatic heterocycles. The summed E-state index contributed by atoms with van der Waals surface area (Å²) in [5.41, 5.74) is -3.02. The summed E-state index contributed by atoms with van der Waals surface area (Å²) in [5, 5.41) is 3.66. The number of alkyl halides is 8. The normalized spacial score (nSPS) is 24.0. The molecular formula is C25H24F8N2O. The number of piperidine rings is 2. The van der Waals surface area contributed by atoms with Crippen LogP contribution in [0.25, 0.3) is 0 Å². The first-order valence-corrected chi connectivity index (χ1v) is 11.5. The maximum atomic E-state index is 13.6. The highest BCUT2D eigenvalue weighted by Crippen LogP contribution is 2.40. The number of carbonyl (C=O) groups excluding carboxylic acids is 1. The summed E-state index contributed by atoms with van der Waals surface area (Å²) in [4.78, 5) is 13.4. The van der Waals surface area contributed by atoms with E-state index in [1.165, 1.54) is 0 Å². The minimum absolute atomic E-state index is 0.000195. The van der Waals surface area contributed by atoms with Crippen molar-refractivity contribution in [2.24, 2.45) is 5.92 Å². The standard InChI is InChI=1S/C25H24F8N2O/c26-23(27)7-10-34(11-8-23)35-9-6-20(21(15-35)16-4-2-1-3-5-16)22(36)17-12-18(24(28,29)30)14-19(13-17)25(31,32)33/h1-5,12-14,20-21H,6-11,15H2/t20-,21-/m1/s1. The molecule has 2 atom stereocenters. The summed E-state index contributed by atoms with van der Waals surface area (Å²) in [6, 6.07) is 9.62. The summed E-state index contributed by atoms with van der Waals surface area (Å²) in [6.07, 6.45) is -10.6. The van der Waals surface area contributed by atoms with Gasteiger partial charge in [-0.15, -0.1) is 0 Å². The van der Waals surface area contributed by atoms with Crippen LogP contribution in [0.1, 0.15) is 52.2 Å². The van der Waals surface area contributed by atoms with Gasteiger partial charge in [-0.3, -0.25) is 4.79 Å². The number of carbonyl (C=O) groups is 1. The number of nitrogens with zero attached hydrogens (tertiary/aromatic N) is 2. The first kappa shape index (κ1) is 26.5. The molecule has 0 amide bonds. The fourth-order valence-electron chi connectivity index (χ4n) is 4.96. The number of rotatable bonds is 4. The SMILES string of the molecule is O=C(c1cc(C(F)(F)F)cc(C(F)(F)F)c1)[C@@H]1CCN(N2CCC(F)(F)CC2)C[C@@H]1c1ccccc1. The molecule has 36 heavy (non-hydrogen) atoms. The molecule has 2 heterocycles. The van der Waals surface area contributed by atoms with Crippen LogP contribution in [0.2, 0.25) is 0 Å². The van der Waals surface area contributed by atoms with Crippen molar-refractivity contribution >= 4 is 5.78 Å². The number of benzene rings is 2. The van der Waals surface area contributed by atoms with E-state index in [0.29, 0.717) is 17.7 Å². The van der Waals surface area contributed by atoms with Crippen molar-refractivity contribution in [3.8, 4) is 0 Å². The number of hydrazine groups is 1. The number of Topliss-reactive ketones (excluding diaryl/α,β-unsaturated/α-hetero) is 1. The van der Waals surface area contributed by atoms with E-state index in [1.807, 2.05) is 5.01 Å². The van der Waals surface area contributed by atoms with Gasteiger partial charge in [-0.2, -0.15) is 26.3 Å². The van der Waals surface area contributed by atoms with Gasteiger partial charge in [0.25, 0.3) is 5.92 Å². The van der Waals surface area contributed by atoms with E-state index in [4.69, 9.17) is 0 Å². The van der Waals surface area contributed by atoms with Crippen molar-refractivity contribution in [3.05, 3.63) is 70.8 Å². The summed E-state index contributed by atoms with van der Waals surface area (Å²) in [7, 11) is 0. The predicted molar refractivity (Wildman–Crippen MR) is 115 cm³/mol. The molecule has 2 fully saturated rings. The Morgan fingerprint density at radius 3 is 1.89 bits per heavy atom. The van der Waals surface area contributed by atoms with Crippen LogP contribution in [-0.2, 0) is 12.4 Å². The van der Waals surface area contributed by atoms with E-state index in [0.717, 1.165) is 0 Å². The third kappa shape index (κ3) is 5.88. The van der Waals surface area contributed by atoms with Crippen molar-refractivity contribution in [2.45, 2.75) is 43.5 Å². The number of ketones is 1. The predicted octanol–water partition coefficient (Wildman–Crippen LogP) is 6.66. The molecule has 0 aromatic heterocycles. The lowest BCUT2D eigenvalue weighted by molar-refractivity contribution is -0.143. The molecule has 0 spiro atoms. The molecule has 196 valence electrons. The topological polar surface area (TPSA) is 23.6 Å². The quantitative estimate of drug-likeness (QED) is 0.333. The highest BCUT2D eigenvalue weighted by Gasteiger charge is 2.42. The van der Waals surface area contributed by atoms with Crippen LogP contribution in [0, 0.1) is 5.92 Å². The summed E-state index contributed by atoms with van der Waals surface area (Å²) in [6.45, 7) is 0.749. The van der Waals surface area contributed by atoms with Crippen LogP contribution in [0.3, 0.4) is 0 Å². The van der Waals surface area contributed by atoms with Gasteiger partial charge in [0.2, 0.25) is 0 Å². The zero-order valence-electron chi connectivity index (χ0n) is 19.0. The fraction of sp³-hybridized carbons (Fsp3) is 0.480. The Morgan fingerprint density at radius 2 is 1.36 bits per heavy atom. The second-order valence-corrected chi connectivity index (χ2v) is 9.29. The van der Waals surface area contributed by atoms with Gasteiger partial charge in [0.1, 0.15) is 0 Å². The summed E-state index contributed by atoms with van der Waals surface area (Å²) < 4.78 is 107. The van der Waals surface area contributed by atoms with E-state index in [1.54, 1.807) is 35.3 Å². The maximum absolute atomic E-state index is 13.6. The lowest BCUT2D eigenvalue weighted by Crippen LogP contribution is -2.54. The number of hydrogen-bond donors (Lipinski definition) is 0. The summed E-state index contributed by atoms with van der Waals surface area (Å²) >= 11 is 0. The van der Waals surface area contributed by atoms with Crippen LogP contribution in [-0.4, -0.2) is 47.9 Å². The Morgan fingerprint density at radius 1 is 0.806 bits per heavy atom. The van der Waals surface area contributed by atoms with Crippen molar-refractivity contribution < 1.29 is 39.9 Å². The molecule has 2 aromatic carbocycles. The first-order chi connectivity index (χ1) is 16.7. The molecule has 0 radical (unpaired) electrons. The van der Waals surface area contributed by atoms with Crippen LogP contribution in [0.15, 0.2) is 48.5 Å². The highest BCUT2D eigenvalue weighted by molar-refractivity contribution is 5.99. The van der Waals surface area contributed by atoms with Gasteiger partial charge < -0.3 is 0 Å². The average Bonchev–Trinajstić information content (AvgIpc) is 2.82. The van der Waals surface area contributed by atoms with E-state index >= 15 is 0 Å². The third-order valence-electron chi connectivity index (χ3n) is 6.90. The molecule has 2 saturated heterocycles. The molecule has 0 N–H and O–H groups in total. The molecule has 11 heteroatoms. The van der Waals surface area contributed by atoms with E-state index in [-0.39, 0.29) is 51.5 Å². The Hall–Kier alpha value is -2.53. The van der Waals surface area contributed by atoms with Gasteiger partial charge in [-0.25, -0.2) is 18.8 Å². The lowest BCUT2D eigenvalue weighted by atomic mass is 9.76. The summed E-state index contributed by atoms with van der Waals surface area (Å²) in [5.74, 6) is -4.97. The molecule has 0 unspecified atom stereocenters. The molecular weight excluding hydrogens is 496 g/mol.